The highest BCUT2D eigenvalue weighted by atomic mass is 32.1. The first kappa shape index (κ1) is 12.8. The van der Waals surface area contributed by atoms with Crippen LogP contribution in [0.1, 0.15) is 29.3 Å². The van der Waals surface area contributed by atoms with E-state index >= 15 is 0 Å². The fraction of sp³-hybridized carbons (Fsp3) is 0.417. The Balaban J connectivity index is 2.04. The predicted molar refractivity (Wildman–Crippen MR) is 71.8 cm³/mol. The summed E-state index contributed by atoms with van der Waals surface area (Å²) in [6.45, 7) is 4.26. The van der Waals surface area contributed by atoms with Gasteiger partial charge in [0.05, 0.1) is 0 Å². The lowest BCUT2D eigenvalue weighted by Gasteiger charge is -2.02. The highest BCUT2D eigenvalue weighted by molar-refractivity contribution is 7.15. The molecule has 0 saturated carbocycles. The monoisotopic (exact) mass is 264 g/mol. The number of hydrogen-bond acceptors (Lipinski definition) is 4. The van der Waals surface area contributed by atoms with Crippen LogP contribution in [0, 0.1) is 5.92 Å². The third kappa shape index (κ3) is 2.95. The predicted octanol–water partition coefficient (Wildman–Crippen LogP) is 2.33. The second-order valence-electron chi connectivity index (χ2n) is 4.56. The first-order valence-electron chi connectivity index (χ1n) is 5.81. The Morgan fingerprint density at radius 2 is 2.28 bits per heavy atom. The molecule has 0 saturated heterocycles. The molecule has 0 aliphatic heterocycles. The van der Waals surface area contributed by atoms with E-state index in [1.807, 2.05) is 19.3 Å². The number of aryl methyl sites for hydroxylation is 1. The van der Waals surface area contributed by atoms with E-state index < -0.39 is 0 Å². The highest BCUT2D eigenvalue weighted by Crippen LogP contribution is 2.18. The number of aromatic nitrogens is 3. The standard InChI is InChI=1S/C12H16N4OS/c1-8(2)7-10-14-15-12(18-10)13-11(17)9-5-4-6-16(9)3/h4-6,8H,7H2,1-3H3,(H,13,15,17). The van der Waals surface area contributed by atoms with Gasteiger partial charge in [0.2, 0.25) is 5.13 Å². The van der Waals surface area contributed by atoms with E-state index in [1.54, 1.807) is 10.6 Å². The van der Waals surface area contributed by atoms with Crippen molar-refractivity contribution in [2.45, 2.75) is 20.3 Å². The number of rotatable bonds is 4. The summed E-state index contributed by atoms with van der Waals surface area (Å²) in [4.78, 5) is 11.9. The minimum absolute atomic E-state index is 0.158. The summed E-state index contributed by atoms with van der Waals surface area (Å²) >= 11 is 1.43. The summed E-state index contributed by atoms with van der Waals surface area (Å²) in [6, 6.07) is 3.60. The molecule has 0 aliphatic rings. The Hall–Kier alpha value is -1.69. The molecule has 0 atom stereocenters. The van der Waals surface area contributed by atoms with Crippen molar-refractivity contribution in [3.63, 3.8) is 0 Å². The smallest absolute Gasteiger partial charge is 0.274 e. The van der Waals surface area contributed by atoms with Gasteiger partial charge in [-0.2, -0.15) is 0 Å². The first-order chi connectivity index (χ1) is 8.56. The maximum absolute atomic E-state index is 11.9. The Morgan fingerprint density at radius 1 is 1.50 bits per heavy atom. The maximum Gasteiger partial charge on any atom is 0.274 e. The molecular formula is C12H16N4OS. The SMILES string of the molecule is CC(C)Cc1nnc(NC(=O)c2cccn2C)s1. The van der Waals surface area contributed by atoms with E-state index in [4.69, 9.17) is 0 Å². The molecule has 1 amide bonds. The van der Waals surface area contributed by atoms with E-state index in [0.717, 1.165) is 11.4 Å². The summed E-state index contributed by atoms with van der Waals surface area (Å²) < 4.78 is 1.77. The van der Waals surface area contributed by atoms with Gasteiger partial charge in [-0.25, -0.2) is 0 Å². The second-order valence-corrected chi connectivity index (χ2v) is 5.62. The van der Waals surface area contributed by atoms with E-state index in [9.17, 15) is 4.79 Å². The zero-order valence-electron chi connectivity index (χ0n) is 10.7. The lowest BCUT2D eigenvalue weighted by molar-refractivity contribution is 0.101. The molecule has 1 N–H and O–H groups in total. The largest absolute Gasteiger partial charge is 0.347 e. The Labute approximate surface area is 110 Å². The minimum Gasteiger partial charge on any atom is -0.347 e. The number of hydrogen-bond donors (Lipinski definition) is 1. The molecular weight excluding hydrogens is 248 g/mol. The number of nitrogens with one attached hydrogen (secondary N) is 1. The van der Waals surface area contributed by atoms with Crippen LogP contribution in [-0.4, -0.2) is 20.7 Å². The van der Waals surface area contributed by atoms with Gasteiger partial charge in [-0.3, -0.25) is 10.1 Å². The topological polar surface area (TPSA) is 59.8 Å². The van der Waals surface area contributed by atoms with Crippen molar-refractivity contribution in [1.29, 1.82) is 0 Å². The number of amides is 1. The highest BCUT2D eigenvalue weighted by Gasteiger charge is 2.12. The van der Waals surface area contributed by atoms with Crippen LogP contribution in [0.15, 0.2) is 18.3 Å². The molecule has 96 valence electrons. The van der Waals surface area contributed by atoms with Crippen molar-refractivity contribution < 1.29 is 4.79 Å². The van der Waals surface area contributed by atoms with Crippen molar-refractivity contribution in [2.24, 2.45) is 13.0 Å². The number of carbonyl (C=O) groups excluding carboxylic acids is 1. The van der Waals surface area contributed by atoms with E-state index in [2.05, 4.69) is 29.4 Å². The molecule has 2 aromatic heterocycles. The van der Waals surface area contributed by atoms with Crippen molar-refractivity contribution >= 4 is 22.4 Å². The van der Waals surface area contributed by atoms with Crippen LogP contribution in [0.3, 0.4) is 0 Å². The maximum atomic E-state index is 11.9. The summed E-state index contributed by atoms with van der Waals surface area (Å²) in [5.74, 6) is 0.379. The summed E-state index contributed by atoms with van der Waals surface area (Å²) in [5, 5.41) is 12.3. The average Bonchev–Trinajstić information content (AvgIpc) is 2.87. The number of nitrogens with zero attached hydrogens (tertiary/aromatic N) is 3. The normalized spacial score (nSPS) is 10.9. The summed E-state index contributed by atoms with van der Waals surface area (Å²) in [5.41, 5.74) is 0.607. The van der Waals surface area contributed by atoms with Gasteiger partial charge in [-0.15, -0.1) is 10.2 Å². The Kier molecular flexibility index (Phi) is 3.76. The molecule has 0 radical (unpaired) electrons. The van der Waals surface area contributed by atoms with Gasteiger partial charge in [0.15, 0.2) is 0 Å². The molecule has 2 heterocycles. The third-order valence-corrected chi connectivity index (χ3v) is 3.31. The molecule has 0 aliphatic carbocycles. The van der Waals surface area contributed by atoms with Gasteiger partial charge in [-0.1, -0.05) is 25.2 Å². The molecule has 2 rings (SSSR count). The van der Waals surface area contributed by atoms with Crippen molar-refractivity contribution in [3.05, 3.63) is 29.0 Å². The lowest BCUT2D eigenvalue weighted by atomic mass is 10.1. The van der Waals surface area contributed by atoms with Crippen LogP contribution in [0.25, 0.3) is 0 Å². The van der Waals surface area contributed by atoms with Gasteiger partial charge in [0.25, 0.3) is 5.91 Å². The van der Waals surface area contributed by atoms with Gasteiger partial charge < -0.3 is 4.57 Å². The van der Waals surface area contributed by atoms with E-state index in [0.29, 0.717) is 16.7 Å². The molecule has 5 nitrogen and oxygen atoms in total. The molecule has 0 fully saturated rings. The summed E-state index contributed by atoms with van der Waals surface area (Å²) in [7, 11) is 1.83. The molecule has 6 heteroatoms. The van der Waals surface area contributed by atoms with Crippen molar-refractivity contribution in [2.75, 3.05) is 5.32 Å². The van der Waals surface area contributed by atoms with Crippen LogP contribution in [0.2, 0.25) is 0 Å². The van der Waals surface area contributed by atoms with Gasteiger partial charge >= 0.3 is 0 Å². The van der Waals surface area contributed by atoms with E-state index in [-0.39, 0.29) is 5.91 Å². The lowest BCUT2D eigenvalue weighted by Crippen LogP contribution is -2.15. The summed E-state index contributed by atoms with van der Waals surface area (Å²) in [6.07, 6.45) is 2.72. The molecule has 2 aromatic rings. The fourth-order valence-electron chi connectivity index (χ4n) is 1.59. The van der Waals surface area contributed by atoms with Gasteiger partial charge in [0.1, 0.15) is 10.7 Å². The Bertz CT molecular complexity index is 544. The van der Waals surface area contributed by atoms with Gasteiger partial charge in [0, 0.05) is 19.7 Å². The van der Waals surface area contributed by atoms with Crippen molar-refractivity contribution in [3.8, 4) is 0 Å². The quantitative estimate of drug-likeness (QED) is 0.922. The fourth-order valence-corrected chi connectivity index (χ4v) is 2.54. The van der Waals surface area contributed by atoms with E-state index in [1.165, 1.54) is 11.3 Å². The molecule has 0 unspecified atom stereocenters. The zero-order valence-corrected chi connectivity index (χ0v) is 11.5. The average molecular weight is 264 g/mol. The minimum atomic E-state index is -0.158. The third-order valence-electron chi connectivity index (χ3n) is 2.45. The molecule has 18 heavy (non-hydrogen) atoms. The Morgan fingerprint density at radius 3 is 2.89 bits per heavy atom. The van der Waals surface area contributed by atoms with Crippen LogP contribution in [0.4, 0.5) is 5.13 Å². The number of anilines is 1. The first-order valence-corrected chi connectivity index (χ1v) is 6.63. The number of carbonyl (C=O) groups is 1. The van der Waals surface area contributed by atoms with Crippen LogP contribution in [-0.2, 0) is 13.5 Å². The van der Waals surface area contributed by atoms with Crippen LogP contribution in [0.5, 0.6) is 0 Å². The van der Waals surface area contributed by atoms with Crippen LogP contribution < -0.4 is 5.32 Å². The van der Waals surface area contributed by atoms with Crippen molar-refractivity contribution in [1.82, 2.24) is 14.8 Å². The molecule has 0 aromatic carbocycles. The molecule has 0 bridgehead atoms. The van der Waals surface area contributed by atoms with Crippen LogP contribution >= 0.6 is 11.3 Å². The molecule has 0 spiro atoms. The zero-order chi connectivity index (χ0) is 13.1. The van der Waals surface area contributed by atoms with Gasteiger partial charge in [-0.05, 0) is 18.1 Å². The second kappa shape index (κ2) is 5.30.